The van der Waals surface area contributed by atoms with Crippen molar-refractivity contribution in [1.82, 2.24) is 4.90 Å². The van der Waals surface area contributed by atoms with Gasteiger partial charge >= 0.3 is 0 Å². The van der Waals surface area contributed by atoms with Crippen LogP contribution in [0.3, 0.4) is 0 Å². The molecule has 4 rings (SSSR count). The molecule has 0 aromatic heterocycles. The molecule has 1 aliphatic heterocycles. The second kappa shape index (κ2) is 11.2. The average Bonchev–Trinajstić information content (AvgIpc) is 3.56. The summed E-state index contributed by atoms with van der Waals surface area (Å²) in [5, 5.41) is 19.4. The normalized spacial score (nSPS) is 18.0. The Labute approximate surface area is 196 Å². The van der Waals surface area contributed by atoms with Crippen molar-refractivity contribution in [1.29, 1.82) is 0 Å². The number of aliphatic hydroxyl groups is 1. The van der Waals surface area contributed by atoms with Crippen LogP contribution in [0.4, 0.5) is 0 Å². The van der Waals surface area contributed by atoms with Gasteiger partial charge in [-0.3, -0.25) is 0 Å². The molecule has 0 saturated carbocycles. The minimum Gasteiger partial charge on any atom is -0.508 e. The molecule has 1 aliphatic rings. The van der Waals surface area contributed by atoms with Gasteiger partial charge in [-0.2, -0.15) is 0 Å². The molecule has 1 unspecified atom stereocenters. The van der Waals surface area contributed by atoms with Crippen molar-refractivity contribution < 1.29 is 14.9 Å². The van der Waals surface area contributed by atoms with E-state index in [4.69, 9.17) is 4.74 Å². The SMILES string of the molecule is CN1C[C@@H]1CCCOc1ccc(C(=C(CCCO)c2ccccc2)c2ccc(O)cc2)cc1. The second-order valence-electron chi connectivity index (χ2n) is 8.70. The van der Waals surface area contributed by atoms with Crippen molar-refractivity contribution >= 4 is 11.1 Å². The summed E-state index contributed by atoms with van der Waals surface area (Å²) in [7, 11) is 2.16. The fourth-order valence-electron chi connectivity index (χ4n) is 4.28. The van der Waals surface area contributed by atoms with E-state index >= 15 is 0 Å². The molecular weight excluding hydrogens is 410 g/mol. The summed E-state index contributed by atoms with van der Waals surface area (Å²) in [4.78, 5) is 2.35. The van der Waals surface area contributed by atoms with E-state index in [1.54, 1.807) is 12.1 Å². The van der Waals surface area contributed by atoms with Crippen LogP contribution in [0.15, 0.2) is 78.9 Å². The molecule has 4 nitrogen and oxygen atoms in total. The van der Waals surface area contributed by atoms with E-state index in [0.717, 1.165) is 53.5 Å². The third-order valence-corrected chi connectivity index (χ3v) is 6.25. The minimum atomic E-state index is 0.141. The zero-order valence-corrected chi connectivity index (χ0v) is 19.3. The summed E-state index contributed by atoms with van der Waals surface area (Å²) in [5.74, 6) is 1.13. The van der Waals surface area contributed by atoms with Crippen molar-refractivity contribution in [3.63, 3.8) is 0 Å². The molecule has 1 saturated heterocycles. The molecule has 0 radical (unpaired) electrons. The smallest absolute Gasteiger partial charge is 0.119 e. The number of nitrogens with zero attached hydrogens (tertiary/aromatic N) is 1. The average molecular weight is 444 g/mol. The van der Waals surface area contributed by atoms with Gasteiger partial charge in [0.15, 0.2) is 0 Å². The predicted molar refractivity (Wildman–Crippen MR) is 134 cm³/mol. The molecule has 0 aliphatic carbocycles. The number of ether oxygens (including phenoxy) is 1. The van der Waals surface area contributed by atoms with Gasteiger partial charge in [0.1, 0.15) is 11.5 Å². The molecule has 3 aromatic carbocycles. The van der Waals surface area contributed by atoms with Crippen molar-refractivity contribution in [2.45, 2.75) is 31.7 Å². The minimum absolute atomic E-state index is 0.141. The summed E-state index contributed by atoms with van der Waals surface area (Å²) in [6.45, 7) is 2.08. The Morgan fingerprint density at radius 1 is 0.879 bits per heavy atom. The van der Waals surface area contributed by atoms with Crippen LogP contribution in [0.1, 0.15) is 42.4 Å². The van der Waals surface area contributed by atoms with Crippen LogP contribution in [-0.2, 0) is 0 Å². The number of benzene rings is 3. The highest BCUT2D eigenvalue weighted by atomic mass is 16.5. The first-order chi connectivity index (χ1) is 16.2. The van der Waals surface area contributed by atoms with Crippen LogP contribution in [0.5, 0.6) is 11.5 Å². The summed E-state index contributed by atoms with van der Waals surface area (Å²) in [6.07, 6.45) is 3.69. The first-order valence-electron chi connectivity index (χ1n) is 11.8. The first kappa shape index (κ1) is 23.1. The number of rotatable bonds is 11. The molecule has 1 fully saturated rings. The summed E-state index contributed by atoms with van der Waals surface area (Å²) < 4.78 is 5.98. The lowest BCUT2D eigenvalue weighted by Crippen LogP contribution is -2.02. The van der Waals surface area contributed by atoms with E-state index in [1.807, 2.05) is 42.5 Å². The first-order valence-corrected chi connectivity index (χ1v) is 11.8. The van der Waals surface area contributed by atoms with Gasteiger partial charge in [0.2, 0.25) is 0 Å². The summed E-state index contributed by atoms with van der Waals surface area (Å²) in [6, 6.07) is 26.7. The molecule has 4 heteroatoms. The van der Waals surface area contributed by atoms with Crippen molar-refractivity contribution in [3.05, 3.63) is 95.6 Å². The molecule has 0 bridgehead atoms. The van der Waals surface area contributed by atoms with Crippen LogP contribution in [-0.4, -0.2) is 48.0 Å². The zero-order chi connectivity index (χ0) is 23.0. The second-order valence-corrected chi connectivity index (χ2v) is 8.70. The van der Waals surface area contributed by atoms with Crippen molar-refractivity contribution in [3.8, 4) is 11.5 Å². The fraction of sp³-hybridized carbons (Fsp3) is 0.310. The van der Waals surface area contributed by atoms with Gasteiger partial charge in [-0.15, -0.1) is 0 Å². The van der Waals surface area contributed by atoms with Gasteiger partial charge in [-0.25, -0.2) is 0 Å². The fourth-order valence-corrected chi connectivity index (χ4v) is 4.28. The highest BCUT2D eigenvalue weighted by Gasteiger charge is 2.28. The maximum atomic E-state index is 9.83. The van der Waals surface area contributed by atoms with Crippen LogP contribution in [0.25, 0.3) is 11.1 Å². The largest absolute Gasteiger partial charge is 0.508 e. The lowest BCUT2D eigenvalue weighted by Gasteiger charge is -2.18. The number of phenols is 1. The van der Waals surface area contributed by atoms with E-state index < -0.39 is 0 Å². The molecule has 0 spiro atoms. The number of hydrogen-bond acceptors (Lipinski definition) is 4. The molecular formula is C29H33NO3. The van der Waals surface area contributed by atoms with E-state index in [9.17, 15) is 10.2 Å². The monoisotopic (exact) mass is 443 g/mol. The van der Waals surface area contributed by atoms with Crippen LogP contribution >= 0.6 is 0 Å². The van der Waals surface area contributed by atoms with Crippen molar-refractivity contribution in [2.24, 2.45) is 0 Å². The molecule has 1 heterocycles. The maximum absolute atomic E-state index is 9.83. The number of allylic oxidation sites excluding steroid dienone is 1. The van der Waals surface area contributed by atoms with Gasteiger partial charge in [0.25, 0.3) is 0 Å². The Hall–Kier alpha value is -3.08. The van der Waals surface area contributed by atoms with Gasteiger partial charge in [-0.05, 0) is 84.8 Å². The van der Waals surface area contributed by atoms with Gasteiger partial charge in [0.05, 0.1) is 6.61 Å². The number of phenolic OH excluding ortho intramolecular Hbond substituents is 1. The lowest BCUT2D eigenvalue weighted by molar-refractivity contribution is 0.290. The molecule has 2 N–H and O–H groups in total. The van der Waals surface area contributed by atoms with Crippen molar-refractivity contribution in [2.75, 3.05) is 26.8 Å². The lowest BCUT2D eigenvalue weighted by atomic mass is 9.87. The number of hydrogen-bond donors (Lipinski definition) is 2. The van der Waals surface area contributed by atoms with Gasteiger partial charge in [0, 0.05) is 19.2 Å². The predicted octanol–water partition coefficient (Wildman–Crippen LogP) is 5.60. The third-order valence-electron chi connectivity index (χ3n) is 6.25. The van der Waals surface area contributed by atoms with Crippen LogP contribution in [0.2, 0.25) is 0 Å². The Morgan fingerprint density at radius 2 is 1.52 bits per heavy atom. The molecule has 2 atom stereocenters. The number of aromatic hydroxyl groups is 1. The van der Waals surface area contributed by atoms with Crippen LogP contribution < -0.4 is 4.74 Å². The highest BCUT2D eigenvalue weighted by molar-refractivity contribution is 5.98. The number of likely N-dealkylation sites (N-methyl/N-ethyl adjacent to an activating group) is 1. The highest BCUT2D eigenvalue weighted by Crippen LogP contribution is 2.36. The zero-order valence-electron chi connectivity index (χ0n) is 19.3. The molecule has 33 heavy (non-hydrogen) atoms. The van der Waals surface area contributed by atoms with Gasteiger partial charge < -0.3 is 19.8 Å². The topological polar surface area (TPSA) is 52.7 Å². The summed E-state index contributed by atoms with van der Waals surface area (Å²) >= 11 is 0. The summed E-state index contributed by atoms with van der Waals surface area (Å²) in [5.41, 5.74) is 5.55. The Kier molecular flexibility index (Phi) is 7.82. The molecule has 3 aromatic rings. The van der Waals surface area contributed by atoms with E-state index in [-0.39, 0.29) is 12.4 Å². The Bertz CT molecular complexity index is 1040. The third kappa shape index (κ3) is 6.25. The quantitative estimate of drug-likeness (QED) is 0.230. The Morgan fingerprint density at radius 3 is 2.12 bits per heavy atom. The van der Waals surface area contributed by atoms with E-state index in [1.165, 1.54) is 18.5 Å². The molecule has 0 amide bonds. The Balaban J connectivity index is 1.62. The number of aliphatic hydroxyl groups excluding tert-OH is 1. The maximum Gasteiger partial charge on any atom is 0.119 e. The van der Waals surface area contributed by atoms with E-state index in [0.29, 0.717) is 6.42 Å². The standard InChI is InChI=1S/C29H33NO3/c1-30-21-25(30)9-6-20-33-27-17-13-24(14-18-27)29(23-11-15-26(32)16-12-23)28(10-5-19-31)22-7-3-2-4-8-22/h2-4,7-8,11-18,25,31-32H,5-6,9-10,19-21H2,1H3/t25-,30?/m0/s1. The van der Waals surface area contributed by atoms with Crippen LogP contribution in [0, 0.1) is 0 Å². The van der Waals surface area contributed by atoms with E-state index in [2.05, 4.69) is 36.2 Å². The molecule has 172 valence electrons. The van der Waals surface area contributed by atoms with Gasteiger partial charge in [-0.1, -0.05) is 54.6 Å².